The van der Waals surface area contributed by atoms with Crippen molar-refractivity contribution >= 4 is 21.9 Å². The number of rotatable bonds is 8. The summed E-state index contributed by atoms with van der Waals surface area (Å²) < 4.78 is 36.3. The van der Waals surface area contributed by atoms with Crippen LogP contribution >= 0.6 is 0 Å². The summed E-state index contributed by atoms with van der Waals surface area (Å²) >= 11 is 0. The number of allylic oxidation sites excluding steroid dienone is 1. The van der Waals surface area contributed by atoms with Gasteiger partial charge in [-0.3, -0.25) is 0 Å². The predicted octanol–water partition coefficient (Wildman–Crippen LogP) is 6.26. The van der Waals surface area contributed by atoms with Gasteiger partial charge in [0.2, 0.25) is 10.0 Å². The first-order valence-electron chi connectivity index (χ1n) is 12.9. The molecule has 0 heterocycles. The van der Waals surface area contributed by atoms with Crippen LogP contribution in [0.1, 0.15) is 34.6 Å². The number of aryl methyl sites for hydroxylation is 1. The Morgan fingerprint density at radius 3 is 2.05 bits per heavy atom. The predicted molar refractivity (Wildman–Crippen MR) is 154 cm³/mol. The summed E-state index contributed by atoms with van der Waals surface area (Å²) in [4.78, 5) is 13.2. The molecule has 0 amide bonds. The van der Waals surface area contributed by atoms with E-state index in [0.29, 0.717) is 17.7 Å². The first kappa shape index (κ1) is 26.6. The van der Waals surface area contributed by atoms with Gasteiger partial charge in [0.25, 0.3) is 0 Å². The molecule has 0 aliphatic heterocycles. The SMILES string of the molecule is COc1ccc([C@H]2CC(c3ccccc3)=C[C@@](NS(=O)(=O)c3ccc(C)cc3)(c3ccccc3)[C@@H]2C=O)cc1. The molecule has 5 rings (SSSR count). The zero-order valence-corrected chi connectivity index (χ0v) is 22.8. The van der Waals surface area contributed by atoms with Crippen molar-refractivity contribution in [3.63, 3.8) is 0 Å². The van der Waals surface area contributed by atoms with Crippen molar-refractivity contribution in [3.8, 4) is 5.75 Å². The molecule has 1 aliphatic carbocycles. The molecule has 1 aliphatic rings. The average molecular weight is 538 g/mol. The quantitative estimate of drug-likeness (QED) is 0.269. The fourth-order valence-electron chi connectivity index (χ4n) is 5.49. The number of nitrogens with one attached hydrogen (secondary N) is 1. The smallest absolute Gasteiger partial charge is 0.241 e. The molecule has 198 valence electrons. The Morgan fingerprint density at radius 1 is 0.846 bits per heavy atom. The van der Waals surface area contributed by atoms with E-state index >= 15 is 0 Å². The minimum atomic E-state index is -4.02. The molecule has 6 heteroatoms. The lowest BCUT2D eigenvalue weighted by Gasteiger charge is -2.45. The van der Waals surface area contributed by atoms with Crippen molar-refractivity contribution in [2.24, 2.45) is 5.92 Å². The third-order valence-electron chi connectivity index (χ3n) is 7.52. The Balaban J connectivity index is 1.75. The third kappa shape index (κ3) is 5.31. The van der Waals surface area contributed by atoms with Crippen LogP contribution < -0.4 is 9.46 Å². The number of methoxy groups -OCH3 is 1. The van der Waals surface area contributed by atoms with Gasteiger partial charge in [-0.1, -0.05) is 96.6 Å². The maximum absolute atomic E-state index is 13.9. The zero-order valence-electron chi connectivity index (χ0n) is 22.0. The maximum atomic E-state index is 13.9. The van der Waals surface area contributed by atoms with Crippen molar-refractivity contribution in [2.45, 2.75) is 29.7 Å². The summed E-state index contributed by atoms with van der Waals surface area (Å²) in [6.45, 7) is 1.91. The minimum absolute atomic E-state index is 0.147. The summed E-state index contributed by atoms with van der Waals surface area (Å²) in [5, 5.41) is 0. The van der Waals surface area contributed by atoms with Crippen LogP contribution in [0.15, 0.2) is 120 Å². The van der Waals surface area contributed by atoms with E-state index in [4.69, 9.17) is 4.74 Å². The molecule has 4 aromatic carbocycles. The van der Waals surface area contributed by atoms with Gasteiger partial charge in [-0.25, -0.2) is 8.42 Å². The Morgan fingerprint density at radius 2 is 1.46 bits per heavy atom. The van der Waals surface area contributed by atoms with Crippen LogP contribution in [-0.4, -0.2) is 21.8 Å². The van der Waals surface area contributed by atoms with Crippen LogP contribution in [0.25, 0.3) is 5.57 Å². The monoisotopic (exact) mass is 537 g/mol. The number of benzene rings is 4. The second-order valence-corrected chi connectivity index (χ2v) is 11.6. The van der Waals surface area contributed by atoms with Gasteiger partial charge >= 0.3 is 0 Å². The van der Waals surface area contributed by atoms with Crippen molar-refractivity contribution in [1.29, 1.82) is 0 Å². The lowest BCUT2D eigenvalue weighted by Crippen LogP contribution is -2.53. The van der Waals surface area contributed by atoms with E-state index in [2.05, 4.69) is 4.72 Å². The van der Waals surface area contributed by atoms with E-state index in [9.17, 15) is 13.2 Å². The lowest BCUT2D eigenvalue weighted by atomic mass is 9.64. The molecule has 0 aromatic heterocycles. The summed E-state index contributed by atoms with van der Waals surface area (Å²) in [7, 11) is -2.41. The molecule has 0 radical (unpaired) electrons. The molecular formula is C33H31NO4S. The Labute approximate surface area is 230 Å². The average Bonchev–Trinajstić information content (AvgIpc) is 2.97. The fraction of sp³-hybridized carbons (Fsp3) is 0.182. The van der Waals surface area contributed by atoms with Gasteiger partial charge in [-0.05, 0) is 65.8 Å². The largest absolute Gasteiger partial charge is 0.497 e. The fourth-order valence-corrected chi connectivity index (χ4v) is 6.86. The van der Waals surface area contributed by atoms with Crippen LogP contribution in [-0.2, 0) is 20.4 Å². The molecule has 0 saturated heterocycles. The zero-order chi connectivity index (χ0) is 27.5. The Kier molecular flexibility index (Phi) is 7.51. The van der Waals surface area contributed by atoms with E-state index in [-0.39, 0.29) is 10.8 Å². The molecule has 5 nitrogen and oxygen atoms in total. The highest BCUT2D eigenvalue weighted by Crippen LogP contribution is 2.50. The normalized spacial score (nSPS) is 21.1. The first-order chi connectivity index (χ1) is 18.9. The van der Waals surface area contributed by atoms with Gasteiger partial charge in [-0.15, -0.1) is 0 Å². The molecule has 3 atom stereocenters. The molecule has 4 aromatic rings. The van der Waals surface area contributed by atoms with E-state index in [1.54, 1.807) is 31.4 Å². The van der Waals surface area contributed by atoms with E-state index in [1.807, 2.05) is 97.9 Å². The van der Waals surface area contributed by atoms with Gasteiger partial charge in [0, 0.05) is 5.92 Å². The Bertz CT molecular complexity index is 1560. The van der Waals surface area contributed by atoms with Gasteiger partial charge in [0.1, 0.15) is 12.0 Å². The highest BCUT2D eigenvalue weighted by atomic mass is 32.2. The molecule has 0 saturated carbocycles. The van der Waals surface area contributed by atoms with Crippen LogP contribution in [0.2, 0.25) is 0 Å². The van der Waals surface area contributed by atoms with Crippen molar-refractivity contribution < 1.29 is 17.9 Å². The molecular weight excluding hydrogens is 506 g/mol. The number of carbonyl (C=O) groups excluding carboxylic acids is 1. The second-order valence-electron chi connectivity index (χ2n) is 9.93. The minimum Gasteiger partial charge on any atom is -0.497 e. The van der Waals surface area contributed by atoms with Crippen molar-refractivity contribution in [3.05, 3.63) is 138 Å². The molecule has 0 spiro atoms. The van der Waals surface area contributed by atoms with Gasteiger partial charge in [-0.2, -0.15) is 4.72 Å². The number of carbonyl (C=O) groups is 1. The summed E-state index contributed by atoms with van der Waals surface area (Å²) in [6.07, 6.45) is 3.42. The standard InChI is InChI=1S/C33H31NO4S/c1-24-13-19-30(20-14-24)39(36,37)34-33(28-11-7-4-8-12-28)22-27(25-9-5-3-6-10-25)21-31(32(33)23-35)26-15-17-29(38-2)18-16-26/h3-20,22-23,31-32,34H,21H2,1-2H3/t31-,32-,33-/m1/s1. The van der Waals surface area contributed by atoms with Crippen LogP contribution in [0.4, 0.5) is 0 Å². The molecule has 0 fully saturated rings. The first-order valence-corrected chi connectivity index (χ1v) is 14.4. The van der Waals surface area contributed by atoms with Crippen LogP contribution in [0, 0.1) is 12.8 Å². The van der Waals surface area contributed by atoms with E-state index in [0.717, 1.165) is 28.5 Å². The second kappa shape index (κ2) is 11.0. The number of aldehydes is 1. The number of ether oxygens (including phenoxy) is 1. The van der Waals surface area contributed by atoms with E-state index in [1.165, 1.54) is 0 Å². The summed E-state index contributed by atoms with van der Waals surface area (Å²) in [6, 6.07) is 33.7. The maximum Gasteiger partial charge on any atom is 0.241 e. The number of hydrogen-bond acceptors (Lipinski definition) is 4. The van der Waals surface area contributed by atoms with Crippen molar-refractivity contribution in [1.82, 2.24) is 4.72 Å². The van der Waals surface area contributed by atoms with Crippen LogP contribution in [0.5, 0.6) is 5.75 Å². The van der Waals surface area contributed by atoms with Gasteiger partial charge in [0.15, 0.2) is 0 Å². The summed E-state index contributed by atoms with van der Waals surface area (Å²) in [5.74, 6) is -0.305. The highest BCUT2D eigenvalue weighted by molar-refractivity contribution is 7.89. The topological polar surface area (TPSA) is 72.5 Å². The molecule has 39 heavy (non-hydrogen) atoms. The van der Waals surface area contributed by atoms with E-state index < -0.39 is 21.5 Å². The molecule has 0 unspecified atom stereocenters. The lowest BCUT2D eigenvalue weighted by molar-refractivity contribution is -0.113. The summed E-state index contributed by atoms with van der Waals surface area (Å²) in [5.41, 5.74) is 3.20. The number of sulfonamides is 1. The van der Waals surface area contributed by atoms with Gasteiger partial charge < -0.3 is 9.53 Å². The van der Waals surface area contributed by atoms with Crippen molar-refractivity contribution in [2.75, 3.05) is 7.11 Å². The highest BCUT2D eigenvalue weighted by Gasteiger charge is 2.49. The van der Waals surface area contributed by atoms with Gasteiger partial charge in [0.05, 0.1) is 17.5 Å². The third-order valence-corrected chi connectivity index (χ3v) is 9.02. The Hall–Kier alpha value is -4.00. The molecule has 1 N–H and O–H groups in total. The van der Waals surface area contributed by atoms with Crippen LogP contribution in [0.3, 0.4) is 0 Å². The molecule has 0 bridgehead atoms. The number of hydrogen-bond donors (Lipinski definition) is 1.